The Balaban J connectivity index is 2.12. The zero-order valence-electron chi connectivity index (χ0n) is 18.4. The average molecular weight is 446 g/mol. The van der Waals surface area contributed by atoms with E-state index in [2.05, 4.69) is 41.6 Å². The highest BCUT2D eigenvalue weighted by Crippen LogP contribution is 2.21. The van der Waals surface area contributed by atoms with Crippen LogP contribution in [0.3, 0.4) is 0 Å². The van der Waals surface area contributed by atoms with Crippen LogP contribution in [0.15, 0.2) is 64.5 Å². The number of likely N-dealkylation sites (N-methyl/N-ethyl adjacent to an activating group) is 1. The van der Waals surface area contributed by atoms with Gasteiger partial charge in [-0.2, -0.15) is 0 Å². The normalized spacial score (nSPS) is 12.4. The van der Waals surface area contributed by atoms with E-state index in [1.165, 1.54) is 22.6 Å². The number of carbonyl (C=O) groups is 1. The third-order valence-electron chi connectivity index (χ3n) is 4.83. The van der Waals surface area contributed by atoms with Gasteiger partial charge in [0.2, 0.25) is 15.9 Å². The lowest BCUT2D eigenvalue weighted by atomic mass is 9.85. The maximum absolute atomic E-state index is 12.0. The van der Waals surface area contributed by atoms with Crippen molar-refractivity contribution >= 4 is 21.9 Å². The molecule has 2 rings (SSSR count). The summed E-state index contributed by atoms with van der Waals surface area (Å²) in [5, 5.41) is 11.5. The largest absolute Gasteiger partial charge is 0.356 e. The molecule has 0 saturated carbocycles. The molecule has 2 aromatic carbocycles. The summed E-state index contributed by atoms with van der Waals surface area (Å²) in [5.74, 6) is 0.420. The highest BCUT2D eigenvalue weighted by Gasteiger charge is 2.21. The number of primary sulfonamides is 1. The summed E-state index contributed by atoms with van der Waals surface area (Å²) in [6.45, 7) is 5.27. The predicted molar refractivity (Wildman–Crippen MR) is 123 cm³/mol. The number of guanidine groups is 1. The number of sulfonamides is 1. The van der Waals surface area contributed by atoms with E-state index in [9.17, 15) is 13.2 Å². The Bertz CT molecular complexity index is 1000. The molecule has 0 spiro atoms. The summed E-state index contributed by atoms with van der Waals surface area (Å²) < 4.78 is 22.8. The first-order valence-electron chi connectivity index (χ1n) is 9.88. The third-order valence-corrected chi connectivity index (χ3v) is 5.76. The van der Waals surface area contributed by atoms with E-state index in [4.69, 9.17) is 5.14 Å². The van der Waals surface area contributed by atoms with Crippen LogP contribution in [-0.2, 0) is 26.8 Å². The zero-order chi connectivity index (χ0) is 23.1. The maximum atomic E-state index is 12.0. The predicted octanol–water partition coefficient (Wildman–Crippen LogP) is 1.44. The minimum absolute atomic E-state index is 0.0536. The van der Waals surface area contributed by atoms with Crippen LogP contribution >= 0.6 is 0 Å². The Morgan fingerprint density at radius 2 is 1.65 bits per heavy atom. The molecule has 0 unspecified atom stereocenters. The van der Waals surface area contributed by atoms with Crippen LogP contribution in [0.25, 0.3) is 0 Å². The van der Waals surface area contributed by atoms with Crippen molar-refractivity contribution in [1.29, 1.82) is 0 Å². The number of nitrogens with two attached hydrogens (primary N) is 1. The molecule has 0 aromatic heterocycles. The van der Waals surface area contributed by atoms with Gasteiger partial charge >= 0.3 is 0 Å². The van der Waals surface area contributed by atoms with Crippen molar-refractivity contribution in [3.63, 3.8) is 0 Å². The summed E-state index contributed by atoms with van der Waals surface area (Å²) in [6, 6.07) is 16.4. The van der Waals surface area contributed by atoms with Gasteiger partial charge in [-0.25, -0.2) is 18.5 Å². The maximum Gasteiger partial charge on any atom is 0.241 e. The molecule has 0 radical (unpaired) electrons. The van der Waals surface area contributed by atoms with Gasteiger partial charge in [0.15, 0.2) is 5.96 Å². The second-order valence-corrected chi connectivity index (χ2v) is 9.66. The fourth-order valence-corrected chi connectivity index (χ4v) is 3.26. The van der Waals surface area contributed by atoms with Gasteiger partial charge < -0.3 is 15.5 Å². The number of carbonyl (C=O) groups excluding carboxylic acids is 1. The molecule has 0 saturated heterocycles. The van der Waals surface area contributed by atoms with E-state index in [0.717, 1.165) is 5.56 Å². The second kappa shape index (κ2) is 10.4. The molecule has 168 valence electrons. The Morgan fingerprint density at radius 1 is 1.03 bits per heavy atom. The summed E-state index contributed by atoms with van der Waals surface area (Å²) >= 11 is 0. The Kier molecular flexibility index (Phi) is 8.18. The van der Waals surface area contributed by atoms with E-state index in [-0.39, 0.29) is 22.8 Å². The highest BCUT2D eigenvalue weighted by molar-refractivity contribution is 7.89. The number of amides is 1. The smallest absolute Gasteiger partial charge is 0.241 e. The highest BCUT2D eigenvalue weighted by atomic mass is 32.2. The fourth-order valence-electron chi connectivity index (χ4n) is 2.74. The van der Waals surface area contributed by atoms with E-state index in [1.807, 2.05) is 18.2 Å². The van der Waals surface area contributed by atoms with E-state index >= 15 is 0 Å². The fraction of sp³-hybridized carbons (Fsp3) is 0.364. The topological polar surface area (TPSA) is 117 Å². The van der Waals surface area contributed by atoms with Crippen LogP contribution in [-0.4, -0.2) is 52.4 Å². The number of hydrogen-bond donors (Lipinski definition) is 3. The quantitative estimate of drug-likeness (QED) is 0.420. The van der Waals surface area contributed by atoms with Crippen molar-refractivity contribution in [3.05, 3.63) is 65.7 Å². The van der Waals surface area contributed by atoms with Gasteiger partial charge in [0.25, 0.3) is 0 Å². The van der Waals surface area contributed by atoms with Gasteiger partial charge in [-0.15, -0.1) is 0 Å². The van der Waals surface area contributed by atoms with E-state index in [1.54, 1.807) is 26.2 Å². The van der Waals surface area contributed by atoms with Crippen molar-refractivity contribution in [2.24, 2.45) is 10.1 Å². The standard InChI is InChI=1S/C22H31N5O3S/c1-22(2,18-8-6-5-7-9-18)16-26-21(25-15-20(28)27(3)4)24-14-17-10-12-19(13-11-17)31(23,29)30/h5-13H,14-16H2,1-4H3,(H2,23,29,30)(H2,24,25,26). The lowest BCUT2D eigenvalue weighted by molar-refractivity contribution is -0.127. The molecule has 0 aliphatic rings. The van der Waals surface area contributed by atoms with Crippen LogP contribution in [0.1, 0.15) is 25.0 Å². The molecular weight excluding hydrogens is 414 g/mol. The molecular formula is C22H31N5O3S. The summed E-state index contributed by atoms with van der Waals surface area (Å²) in [5.41, 5.74) is 1.84. The van der Waals surface area contributed by atoms with Crippen LogP contribution in [0, 0.1) is 0 Å². The van der Waals surface area contributed by atoms with Crippen LogP contribution in [0.2, 0.25) is 0 Å². The number of aliphatic imine (C=N–C) groups is 1. The van der Waals surface area contributed by atoms with Gasteiger partial charge in [-0.05, 0) is 23.3 Å². The number of hydrogen-bond acceptors (Lipinski definition) is 4. The number of rotatable bonds is 8. The van der Waals surface area contributed by atoms with Gasteiger partial charge in [-0.1, -0.05) is 56.3 Å². The van der Waals surface area contributed by atoms with Gasteiger partial charge in [0.1, 0.15) is 0 Å². The van der Waals surface area contributed by atoms with Crippen molar-refractivity contribution in [3.8, 4) is 0 Å². The van der Waals surface area contributed by atoms with Crippen LogP contribution < -0.4 is 15.8 Å². The molecule has 0 bridgehead atoms. The summed E-state index contributed by atoms with van der Waals surface area (Å²) in [7, 11) is -0.343. The summed E-state index contributed by atoms with van der Waals surface area (Å²) in [6.07, 6.45) is 0. The van der Waals surface area contributed by atoms with Gasteiger partial charge in [0, 0.05) is 26.1 Å². The first kappa shape index (κ1) is 24.4. The SMILES string of the molecule is CN(C)C(=O)CNC(=NCc1ccc(S(N)(=O)=O)cc1)NCC(C)(C)c1ccccc1. The van der Waals surface area contributed by atoms with Crippen molar-refractivity contribution in [1.82, 2.24) is 15.5 Å². The second-order valence-electron chi connectivity index (χ2n) is 8.10. The lowest BCUT2D eigenvalue weighted by Gasteiger charge is -2.27. The molecule has 31 heavy (non-hydrogen) atoms. The lowest BCUT2D eigenvalue weighted by Crippen LogP contribution is -2.46. The first-order chi connectivity index (χ1) is 14.5. The van der Waals surface area contributed by atoms with Crippen molar-refractivity contribution in [2.45, 2.75) is 30.7 Å². The molecule has 1 amide bonds. The number of benzene rings is 2. The molecule has 0 atom stereocenters. The van der Waals surface area contributed by atoms with E-state index in [0.29, 0.717) is 19.0 Å². The Labute approximate surface area is 184 Å². The van der Waals surface area contributed by atoms with E-state index < -0.39 is 10.0 Å². The number of nitrogens with zero attached hydrogens (tertiary/aromatic N) is 2. The molecule has 2 aromatic rings. The zero-order valence-corrected chi connectivity index (χ0v) is 19.2. The molecule has 0 aliphatic heterocycles. The Morgan fingerprint density at radius 3 is 2.19 bits per heavy atom. The monoisotopic (exact) mass is 445 g/mol. The average Bonchev–Trinajstić information content (AvgIpc) is 2.73. The molecule has 0 heterocycles. The molecule has 9 heteroatoms. The van der Waals surface area contributed by atoms with Crippen LogP contribution in [0.5, 0.6) is 0 Å². The minimum atomic E-state index is -3.73. The molecule has 8 nitrogen and oxygen atoms in total. The minimum Gasteiger partial charge on any atom is -0.356 e. The van der Waals surface area contributed by atoms with Gasteiger partial charge in [-0.3, -0.25) is 4.79 Å². The number of nitrogens with one attached hydrogen (secondary N) is 2. The van der Waals surface area contributed by atoms with Gasteiger partial charge in [0.05, 0.1) is 18.0 Å². The molecule has 0 fully saturated rings. The Hall–Kier alpha value is -2.91. The third kappa shape index (κ3) is 7.69. The molecule has 0 aliphatic carbocycles. The van der Waals surface area contributed by atoms with Crippen LogP contribution in [0.4, 0.5) is 0 Å². The van der Waals surface area contributed by atoms with Crippen molar-refractivity contribution < 1.29 is 13.2 Å². The summed E-state index contributed by atoms with van der Waals surface area (Å²) in [4.78, 5) is 18.1. The van der Waals surface area contributed by atoms with Crippen molar-refractivity contribution in [2.75, 3.05) is 27.2 Å². The molecule has 4 N–H and O–H groups in total. The first-order valence-corrected chi connectivity index (χ1v) is 11.4.